The molecule has 0 aromatic heterocycles. The van der Waals surface area contributed by atoms with Crippen LogP contribution in [-0.2, 0) is 0 Å². The summed E-state index contributed by atoms with van der Waals surface area (Å²) in [6.45, 7) is 3.44. The van der Waals surface area contributed by atoms with Crippen LogP contribution in [0.25, 0.3) is 0 Å². The van der Waals surface area contributed by atoms with E-state index in [0.717, 1.165) is 23.5 Å². The van der Waals surface area contributed by atoms with Crippen LogP contribution in [0.4, 0.5) is 8.78 Å². The number of halogens is 2. The molecule has 0 radical (unpaired) electrons. The van der Waals surface area contributed by atoms with Crippen molar-refractivity contribution in [3.8, 4) is 5.75 Å². The van der Waals surface area contributed by atoms with Crippen molar-refractivity contribution in [3.05, 3.63) is 29.8 Å². The molecule has 0 aliphatic heterocycles. The summed E-state index contributed by atoms with van der Waals surface area (Å²) in [6.07, 6.45) is 1.06. The number of nitrogens with one attached hydrogen (secondary N) is 1. The molecular formula is C15H23F2NOS. The van der Waals surface area contributed by atoms with Gasteiger partial charge in [-0.1, -0.05) is 25.1 Å². The standard InChI is InChI=1S/C15H23F2NOS/c1-4-20-10-9-11(2)18-12(3)13-7-5-6-8-14(13)19-15(16)17/h5-8,11-12,15,18H,4,9-10H2,1-3H3. The van der Waals surface area contributed by atoms with Crippen molar-refractivity contribution in [1.29, 1.82) is 0 Å². The Bertz CT molecular complexity index is 390. The maximum atomic E-state index is 12.4. The molecule has 0 fully saturated rings. The highest BCUT2D eigenvalue weighted by molar-refractivity contribution is 7.99. The average molecular weight is 303 g/mol. The first-order chi connectivity index (χ1) is 9.54. The monoisotopic (exact) mass is 303 g/mol. The molecule has 0 saturated heterocycles. The van der Waals surface area contributed by atoms with Crippen molar-refractivity contribution in [2.75, 3.05) is 11.5 Å². The first-order valence-electron chi connectivity index (χ1n) is 6.92. The van der Waals surface area contributed by atoms with E-state index in [0.29, 0.717) is 6.04 Å². The Morgan fingerprint density at radius 2 is 1.95 bits per heavy atom. The van der Waals surface area contributed by atoms with Crippen molar-refractivity contribution in [2.24, 2.45) is 0 Å². The van der Waals surface area contributed by atoms with Crippen LogP contribution in [0.5, 0.6) is 5.75 Å². The molecule has 1 aromatic rings. The van der Waals surface area contributed by atoms with E-state index in [1.165, 1.54) is 0 Å². The average Bonchev–Trinajstić information content (AvgIpc) is 2.38. The quantitative estimate of drug-likeness (QED) is 0.680. The van der Waals surface area contributed by atoms with Gasteiger partial charge in [-0.15, -0.1) is 0 Å². The third kappa shape index (κ3) is 6.09. The summed E-state index contributed by atoms with van der Waals surface area (Å²) in [6, 6.07) is 7.26. The van der Waals surface area contributed by atoms with E-state index < -0.39 is 6.61 Å². The molecule has 1 rings (SSSR count). The minimum Gasteiger partial charge on any atom is -0.434 e. The molecule has 1 aromatic carbocycles. The van der Waals surface area contributed by atoms with Crippen LogP contribution >= 0.6 is 11.8 Å². The minimum absolute atomic E-state index is 0.0217. The normalized spacial score (nSPS) is 14.3. The van der Waals surface area contributed by atoms with Gasteiger partial charge in [0, 0.05) is 17.6 Å². The van der Waals surface area contributed by atoms with Gasteiger partial charge in [0.05, 0.1) is 0 Å². The van der Waals surface area contributed by atoms with Crippen LogP contribution in [-0.4, -0.2) is 24.2 Å². The van der Waals surface area contributed by atoms with Crippen LogP contribution in [0.2, 0.25) is 0 Å². The molecule has 2 atom stereocenters. The molecular weight excluding hydrogens is 280 g/mol. The van der Waals surface area contributed by atoms with Crippen molar-refractivity contribution < 1.29 is 13.5 Å². The van der Waals surface area contributed by atoms with E-state index >= 15 is 0 Å². The molecule has 0 amide bonds. The topological polar surface area (TPSA) is 21.3 Å². The van der Waals surface area contributed by atoms with Crippen molar-refractivity contribution in [1.82, 2.24) is 5.32 Å². The number of hydrogen-bond donors (Lipinski definition) is 1. The minimum atomic E-state index is -2.79. The lowest BCUT2D eigenvalue weighted by molar-refractivity contribution is -0.0506. The highest BCUT2D eigenvalue weighted by atomic mass is 32.2. The predicted molar refractivity (Wildman–Crippen MR) is 81.7 cm³/mol. The number of benzene rings is 1. The second kappa shape index (κ2) is 9.19. The summed E-state index contributed by atoms with van der Waals surface area (Å²) in [5.74, 6) is 2.47. The molecule has 2 nitrogen and oxygen atoms in total. The van der Waals surface area contributed by atoms with Crippen LogP contribution < -0.4 is 10.1 Å². The fourth-order valence-corrected chi connectivity index (χ4v) is 2.85. The molecule has 20 heavy (non-hydrogen) atoms. The zero-order valence-corrected chi connectivity index (χ0v) is 13.1. The van der Waals surface area contributed by atoms with Crippen molar-refractivity contribution >= 4 is 11.8 Å². The lowest BCUT2D eigenvalue weighted by Gasteiger charge is -2.22. The van der Waals surface area contributed by atoms with Gasteiger partial charge in [0.1, 0.15) is 5.75 Å². The molecule has 0 heterocycles. The molecule has 1 N–H and O–H groups in total. The summed E-state index contributed by atoms with van der Waals surface area (Å²) in [5.41, 5.74) is 0.766. The SMILES string of the molecule is CCSCCC(C)NC(C)c1ccccc1OC(F)F. The molecule has 0 saturated carbocycles. The second-order valence-corrected chi connectivity index (χ2v) is 6.09. The third-order valence-electron chi connectivity index (χ3n) is 3.04. The number of thioether (sulfide) groups is 1. The lowest BCUT2D eigenvalue weighted by atomic mass is 10.1. The van der Waals surface area contributed by atoms with E-state index in [9.17, 15) is 8.78 Å². The van der Waals surface area contributed by atoms with Gasteiger partial charge in [0.2, 0.25) is 0 Å². The second-order valence-electron chi connectivity index (χ2n) is 4.69. The number of alkyl halides is 2. The Morgan fingerprint density at radius 1 is 1.25 bits per heavy atom. The number of para-hydroxylation sites is 1. The Hall–Kier alpha value is -0.810. The molecule has 0 aliphatic rings. The Balaban J connectivity index is 2.60. The molecule has 0 spiro atoms. The summed E-state index contributed by atoms with van der Waals surface area (Å²) >= 11 is 1.91. The largest absolute Gasteiger partial charge is 0.434 e. The van der Waals surface area contributed by atoms with Crippen molar-refractivity contribution in [3.63, 3.8) is 0 Å². The molecule has 2 unspecified atom stereocenters. The molecule has 0 aliphatic carbocycles. The van der Waals surface area contributed by atoms with Gasteiger partial charge in [-0.2, -0.15) is 20.5 Å². The van der Waals surface area contributed by atoms with E-state index in [-0.39, 0.29) is 11.8 Å². The van der Waals surface area contributed by atoms with Crippen LogP contribution in [0.1, 0.15) is 38.8 Å². The summed E-state index contributed by atoms with van der Waals surface area (Å²) in [7, 11) is 0. The Labute approximate surface area is 124 Å². The maximum Gasteiger partial charge on any atom is 0.387 e. The van der Waals surface area contributed by atoms with E-state index in [2.05, 4.69) is 23.9 Å². The number of rotatable bonds is 9. The van der Waals surface area contributed by atoms with E-state index in [1.54, 1.807) is 12.1 Å². The van der Waals surface area contributed by atoms with Gasteiger partial charge >= 0.3 is 6.61 Å². The van der Waals surface area contributed by atoms with Crippen LogP contribution in [0.15, 0.2) is 24.3 Å². The zero-order chi connectivity index (χ0) is 15.0. The number of hydrogen-bond acceptors (Lipinski definition) is 3. The van der Waals surface area contributed by atoms with Gasteiger partial charge in [-0.05, 0) is 37.8 Å². The van der Waals surface area contributed by atoms with Gasteiger partial charge in [-0.3, -0.25) is 0 Å². The molecule has 114 valence electrons. The molecule has 0 bridgehead atoms. The fraction of sp³-hybridized carbons (Fsp3) is 0.600. The van der Waals surface area contributed by atoms with Crippen molar-refractivity contribution in [2.45, 2.75) is 45.9 Å². The first kappa shape index (κ1) is 17.2. The predicted octanol–water partition coefficient (Wildman–Crippen LogP) is 4.47. The Morgan fingerprint density at radius 3 is 2.60 bits per heavy atom. The first-order valence-corrected chi connectivity index (χ1v) is 8.07. The Kier molecular flexibility index (Phi) is 7.92. The van der Waals surface area contributed by atoms with Gasteiger partial charge < -0.3 is 10.1 Å². The van der Waals surface area contributed by atoms with Gasteiger partial charge in [-0.25, -0.2) is 0 Å². The maximum absolute atomic E-state index is 12.4. The summed E-state index contributed by atoms with van der Waals surface area (Å²) in [4.78, 5) is 0. The van der Waals surface area contributed by atoms with E-state index in [4.69, 9.17) is 0 Å². The fourth-order valence-electron chi connectivity index (χ4n) is 2.05. The summed E-state index contributed by atoms with van der Waals surface area (Å²) in [5, 5.41) is 3.43. The number of ether oxygens (including phenoxy) is 1. The van der Waals surface area contributed by atoms with Gasteiger partial charge in [0.15, 0.2) is 0 Å². The highest BCUT2D eigenvalue weighted by Crippen LogP contribution is 2.26. The third-order valence-corrected chi connectivity index (χ3v) is 3.97. The summed E-state index contributed by atoms with van der Waals surface area (Å²) < 4.78 is 29.3. The highest BCUT2D eigenvalue weighted by Gasteiger charge is 2.15. The van der Waals surface area contributed by atoms with Crippen LogP contribution in [0, 0.1) is 0 Å². The molecule has 5 heteroatoms. The van der Waals surface area contributed by atoms with E-state index in [1.807, 2.05) is 30.8 Å². The zero-order valence-electron chi connectivity index (χ0n) is 12.2. The van der Waals surface area contributed by atoms with Crippen LogP contribution in [0.3, 0.4) is 0 Å². The smallest absolute Gasteiger partial charge is 0.387 e. The lowest BCUT2D eigenvalue weighted by Crippen LogP contribution is -2.29. The van der Waals surface area contributed by atoms with Gasteiger partial charge in [0.25, 0.3) is 0 Å².